The van der Waals surface area contributed by atoms with Crippen LogP contribution in [-0.4, -0.2) is 7.54 Å². The quantitative estimate of drug-likeness (QED) is 0.374. The van der Waals surface area contributed by atoms with Gasteiger partial charge in [0.25, 0.3) is 0 Å². The van der Waals surface area contributed by atoms with Gasteiger partial charge in [-0.05, 0) is 0 Å². The van der Waals surface area contributed by atoms with Crippen molar-refractivity contribution in [2.45, 2.75) is 6.92 Å². The maximum absolute atomic E-state index is 9.67. The van der Waals surface area contributed by atoms with Crippen LogP contribution in [-0.2, 0) is 17.1 Å². The van der Waals surface area contributed by atoms with Crippen molar-refractivity contribution < 1.29 is 30.0 Å². The molecule has 0 aliphatic rings. The van der Waals surface area contributed by atoms with Gasteiger partial charge in [-0.1, -0.05) is 0 Å². The third-order valence-corrected chi connectivity index (χ3v) is 0. The van der Waals surface area contributed by atoms with Gasteiger partial charge in [0.05, 0.1) is 0 Å². The van der Waals surface area contributed by atoms with Gasteiger partial charge in [0.15, 0.2) is 0 Å². The molecule has 0 spiro atoms. The fourth-order valence-electron chi connectivity index (χ4n) is 0. The SMILES string of the molecule is FB(F)F.[CH2-]C.[Cu+]. The molecule has 0 aromatic heterocycles. The molecule has 0 aliphatic carbocycles. The second-order valence-corrected chi connectivity index (χ2v) is 0.247. The van der Waals surface area contributed by atoms with Crippen molar-refractivity contribution in [2.24, 2.45) is 0 Å². The average Bonchev–Trinajstić information content (AvgIpc) is 1.41. The number of rotatable bonds is 0. The molecule has 0 unspecified atom stereocenters. The third-order valence-electron chi connectivity index (χ3n) is 0. The number of halogens is 3. The molecule has 0 aromatic carbocycles. The van der Waals surface area contributed by atoms with Crippen molar-refractivity contribution >= 4 is 7.54 Å². The zero-order chi connectivity index (χ0) is 5.58. The maximum atomic E-state index is 9.67. The van der Waals surface area contributed by atoms with Crippen LogP contribution >= 0.6 is 0 Å². The summed E-state index contributed by atoms with van der Waals surface area (Å²) < 4.78 is 29.0. The van der Waals surface area contributed by atoms with E-state index in [9.17, 15) is 12.9 Å². The van der Waals surface area contributed by atoms with E-state index in [2.05, 4.69) is 6.92 Å². The van der Waals surface area contributed by atoms with Gasteiger partial charge in [0, 0.05) is 0 Å². The Hall–Kier alpha value is 0.374. The molecule has 0 amide bonds. The molecule has 0 heterocycles. The van der Waals surface area contributed by atoms with E-state index >= 15 is 0 Å². The van der Waals surface area contributed by atoms with Crippen molar-refractivity contribution in [2.75, 3.05) is 0 Å². The van der Waals surface area contributed by atoms with E-state index in [1.54, 1.807) is 6.92 Å². The first kappa shape index (κ1) is 15.7. The predicted molar refractivity (Wildman–Crippen MR) is 20.1 cm³/mol. The molecular weight excluding hydrogens is 155 g/mol. The summed E-state index contributed by atoms with van der Waals surface area (Å²) in [6.45, 7) is 5.00. The maximum Gasteiger partial charge on any atom is 1.00 e. The minimum atomic E-state index is -3.67. The van der Waals surface area contributed by atoms with Crippen molar-refractivity contribution in [3.8, 4) is 0 Å². The van der Waals surface area contributed by atoms with E-state index in [4.69, 9.17) is 0 Å². The zero-order valence-corrected chi connectivity index (χ0v) is 4.66. The number of hydrogen-bond acceptors (Lipinski definition) is 0. The van der Waals surface area contributed by atoms with Crippen LogP contribution in [0.25, 0.3) is 0 Å². The molecule has 0 aromatic rings. The Balaban J connectivity index is -0.0000000480. The second kappa shape index (κ2) is 16.2. The molecule has 5 heteroatoms. The molecule has 48 valence electrons. The van der Waals surface area contributed by atoms with E-state index in [1.807, 2.05) is 0 Å². The van der Waals surface area contributed by atoms with Crippen molar-refractivity contribution in [3.63, 3.8) is 0 Å². The van der Waals surface area contributed by atoms with Gasteiger partial charge >= 0.3 is 24.6 Å². The van der Waals surface area contributed by atoms with Crippen LogP contribution in [0.5, 0.6) is 0 Å². The molecule has 0 nitrogen and oxygen atoms in total. The molecule has 0 saturated carbocycles. The molecule has 0 bridgehead atoms. The fraction of sp³-hybridized carbons (Fsp3) is 0.500. The molecule has 0 N–H and O–H groups in total. The summed E-state index contributed by atoms with van der Waals surface area (Å²) in [4.78, 5) is 0. The molecule has 7 heavy (non-hydrogen) atoms. The topological polar surface area (TPSA) is 0 Å². The van der Waals surface area contributed by atoms with Crippen LogP contribution in [0.4, 0.5) is 12.9 Å². The summed E-state index contributed by atoms with van der Waals surface area (Å²) in [6.07, 6.45) is 0. The minimum absolute atomic E-state index is 0. The Kier molecular flexibility index (Phi) is 36.2. The van der Waals surface area contributed by atoms with Crippen LogP contribution in [0.3, 0.4) is 0 Å². The smallest absolute Gasteiger partial charge is 0.346 e. The summed E-state index contributed by atoms with van der Waals surface area (Å²) in [7, 11) is -3.67. The van der Waals surface area contributed by atoms with Crippen LogP contribution in [0.1, 0.15) is 6.92 Å². The van der Waals surface area contributed by atoms with Gasteiger partial charge < -0.3 is 6.92 Å². The van der Waals surface area contributed by atoms with Gasteiger partial charge in [0.1, 0.15) is 0 Å². The van der Waals surface area contributed by atoms with E-state index in [1.165, 1.54) is 0 Å². The van der Waals surface area contributed by atoms with Crippen molar-refractivity contribution in [1.29, 1.82) is 0 Å². The molecule has 0 saturated heterocycles. The molecule has 0 radical (unpaired) electrons. The molecule has 0 fully saturated rings. The van der Waals surface area contributed by atoms with Gasteiger partial charge in [-0.25, -0.2) is 0 Å². The Labute approximate surface area is 52.2 Å². The first-order valence-electron chi connectivity index (χ1n) is 1.36. The van der Waals surface area contributed by atoms with Gasteiger partial charge in [-0.2, -0.15) is 6.92 Å². The average molecular weight is 160 g/mol. The fourth-order valence-corrected chi connectivity index (χ4v) is 0. The van der Waals surface area contributed by atoms with E-state index in [0.29, 0.717) is 0 Å². The summed E-state index contributed by atoms with van der Waals surface area (Å²) in [5.41, 5.74) is 0. The van der Waals surface area contributed by atoms with E-state index in [0.717, 1.165) is 0 Å². The predicted octanol–water partition coefficient (Wildman–Crippen LogP) is 1.72. The van der Waals surface area contributed by atoms with Crippen molar-refractivity contribution in [1.82, 2.24) is 0 Å². The minimum Gasteiger partial charge on any atom is -0.346 e. The molecule has 0 atom stereocenters. The van der Waals surface area contributed by atoms with E-state index in [-0.39, 0.29) is 17.1 Å². The Morgan fingerprint density at radius 1 is 1.14 bits per heavy atom. The first-order chi connectivity index (χ1) is 2.73. The Morgan fingerprint density at radius 2 is 1.14 bits per heavy atom. The van der Waals surface area contributed by atoms with Gasteiger partial charge in [0.2, 0.25) is 0 Å². The summed E-state index contributed by atoms with van der Waals surface area (Å²) in [5.74, 6) is 0. The molecule has 0 rings (SSSR count). The van der Waals surface area contributed by atoms with E-state index < -0.39 is 7.54 Å². The van der Waals surface area contributed by atoms with Crippen LogP contribution in [0, 0.1) is 6.92 Å². The van der Waals surface area contributed by atoms with Gasteiger partial charge in [-0.15, -0.1) is 0 Å². The molecular formula is C2H5BCuF3. The second-order valence-electron chi connectivity index (χ2n) is 0.247. The monoisotopic (exact) mass is 160 g/mol. The summed E-state index contributed by atoms with van der Waals surface area (Å²) in [6, 6.07) is 0. The number of hydrogen-bond donors (Lipinski definition) is 0. The van der Waals surface area contributed by atoms with Crippen LogP contribution in [0.2, 0.25) is 0 Å². The van der Waals surface area contributed by atoms with Crippen molar-refractivity contribution in [3.05, 3.63) is 6.92 Å². The van der Waals surface area contributed by atoms with Crippen LogP contribution < -0.4 is 0 Å². The summed E-state index contributed by atoms with van der Waals surface area (Å²) >= 11 is 0. The van der Waals surface area contributed by atoms with Gasteiger partial charge in [-0.3, -0.25) is 12.9 Å². The first-order valence-corrected chi connectivity index (χ1v) is 1.36. The van der Waals surface area contributed by atoms with Crippen LogP contribution in [0.15, 0.2) is 0 Å². The largest absolute Gasteiger partial charge is 1.00 e. The Morgan fingerprint density at radius 3 is 1.14 bits per heavy atom. The normalized spacial score (nSPS) is 4.71. The standard InChI is InChI=1S/C2H5.BF3.Cu/c1-2;2-1(3)4;/h1H2,2H3;;/q-1;;+1. The zero-order valence-electron chi connectivity index (χ0n) is 3.72. The Bertz CT molecular complexity index is 17.7. The third kappa shape index (κ3) is 870. The summed E-state index contributed by atoms with van der Waals surface area (Å²) in [5, 5.41) is 0. The molecule has 0 aliphatic heterocycles.